The van der Waals surface area contributed by atoms with E-state index in [-0.39, 0.29) is 51.4 Å². The second-order valence-electron chi connectivity index (χ2n) is 0.476. The van der Waals surface area contributed by atoms with Gasteiger partial charge in [0.25, 0.3) is 0 Å². The standard InChI is InChI=1S/FH2NO2S.K.H/c1-5(2,3)4;;/h(H2,2,3,4);;. The summed E-state index contributed by atoms with van der Waals surface area (Å²) in [5.41, 5.74) is 0. The minimum absolute atomic E-state index is 0. The van der Waals surface area contributed by atoms with Crippen molar-refractivity contribution in [2.24, 2.45) is 5.14 Å². The average molecular weight is 139 g/mol. The number of rotatable bonds is 0. The van der Waals surface area contributed by atoms with Gasteiger partial charge < -0.3 is 0 Å². The topological polar surface area (TPSA) is 60.2 Å². The van der Waals surface area contributed by atoms with Crippen molar-refractivity contribution < 1.29 is 12.3 Å². The molecule has 0 radical (unpaired) electrons. The molecule has 3 nitrogen and oxygen atoms in total. The second-order valence-corrected chi connectivity index (χ2v) is 1.43. The molecule has 0 spiro atoms. The second kappa shape index (κ2) is 3.47. The van der Waals surface area contributed by atoms with Crippen LogP contribution in [0.25, 0.3) is 0 Å². The molecule has 0 atom stereocenters. The van der Waals surface area contributed by atoms with Gasteiger partial charge in [0, 0.05) is 0 Å². The first-order valence-corrected chi connectivity index (χ1v) is 2.17. The molecule has 0 aromatic rings. The fourth-order valence-electron chi connectivity index (χ4n) is 0. The van der Waals surface area contributed by atoms with Crippen molar-refractivity contribution in [1.82, 2.24) is 0 Å². The summed E-state index contributed by atoms with van der Waals surface area (Å²) in [6.07, 6.45) is 0. The van der Waals surface area contributed by atoms with E-state index >= 15 is 0 Å². The predicted molar refractivity (Wildman–Crippen MR) is 21.4 cm³/mol. The summed E-state index contributed by atoms with van der Waals surface area (Å²) in [5.74, 6) is 0. The van der Waals surface area contributed by atoms with Crippen molar-refractivity contribution in [3.05, 3.63) is 0 Å². The number of halogens is 1. The fraction of sp³-hybridized carbons (Fsp3) is 0. The van der Waals surface area contributed by atoms with Gasteiger partial charge in [0.15, 0.2) is 0 Å². The Labute approximate surface area is 77.9 Å². The summed E-state index contributed by atoms with van der Waals surface area (Å²) < 4.78 is 27.9. The molecule has 0 aromatic heterocycles. The molecule has 0 saturated carbocycles. The summed E-state index contributed by atoms with van der Waals surface area (Å²) in [5, 5.41) is 3.66. The third-order valence-electron chi connectivity index (χ3n) is 0. The first kappa shape index (κ1) is 10.5. The maximum atomic E-state index is 10.4. The van der Waals surface area contributed by atoms with Gasteiger partial charge in [0.05, 0.1) is 0 Å². The minimum atomic E-state index is -4.67. The number of hydrogen-bond acceptors (Lipinski definition) is 2. The van der Waals surface area contributed by atoms with Crippen LogP contribution in [-0.2, 0) is 10.4 Å². The Bertz CT molecular complexity index is 96.7. The molecule has 6 heavy (non-hydrogen) atoms. The molecule has 0 aliphatic rings. The summed E-state index contributed by atoms with van der Waals surface area (Å²) >= 11 is 0. The molecule has 0 aliphatic heterocycles. The Morgan fingerprint density at radius 2 is 1.50 bits per heavy atom. The van der Waals surface area contributed by atoms with Gasteiger partial charge in [-0.3, -0.25) is 0 Å². The summed E-state index contributed by atoms with van der Waals surface area (Å²) in [6, 6.07) is 0. The van der Waals surface area contributed by atoms with E-state index in [0.29, 0.717) is 0 Å². The van der Waals surface area contributed by atoms with Crippen LogP contribution in [0.1, 0.15) is 0 Å². The Morgan fingerprint density at radius 3 is 1.50 bits per heavy atom. The first-order valence-electron chi connectivity index (χ1n) is 0.723. The normalized spacial score (nSPS) is 9.67. The zero-order valence-corrected chi connectivity index (χ0v) is 3.00. The van der Waals surface area contributed by atoms with Gasteiger partial charge in [-0.25, -0.2) is 5.14 Å². The van der Waals surface area contributed by atoms with Crippen LogP contribution in [0, 0.1) is 0 Å². The van der Waals surface area contributed by atoms with Crippen LogP contribution in [0.2, 0.25) is 0 Å². The average Bonchev–Trinajstić information content (AvgIpc) is 0.722. The Balaban J connectivity index is 0. The van der Waals surface area contributed by atoms with E-state index in [2.05, 4.69) is 5.14 Å². The monoisotopic (exact) mass is 139 g/mol. The van der Waals surface area contributed by atoms with E-state index in [9.17, 15) is 3.89 Å². The van der Waals surface area contributed by atoms with E-state index < -0.39 is 10.4 Å². The van der Waals surface area contributed by atoms with Crippen molar-refractivity contribution in [3.63, 3.8) is 0 Å². The predicted octanol–water partition coefficient (Wildman–Crippen LogP) is -1.49. The van der Waals surface area contributed by atoms with Gasteiger partial charge in [-0.1, -0.05) is 3.89 Å². The Hall–Kier alpha value is 1.48. The van der Waals surface area contributed by atoms with E-state index in [1.807, 2.05) is 0 Å². The summed E-state index contributed by atoms with van der Waals surface area (Å²) in [4.78, 5) is 0. The van der Waals surface area contributed by atoms with Gasteiger partial charge in [0.2, 0.25) is 0 Å². The van der Waals surface area contributed by atoms with Crippen LogP contribution in [0.5, 0.6) is 0 Å². The summed E-state index contributed by atoms with van der Waals surface area (Å²) in [6.45, 7) is 0. The van der Waals surface area contributed by atoms with E-state index in [1.165, 1.54) is 0 Å². The van der Waals surface area contributed by atoms with E-state index in [1.54, 1.807) is 0 Å². The third kappa shape index (κ3) is 50.3. The SMILES string of the molecule is NS(=O)(=O)F.[KH]. The molecular formula is H3FKNO2S. The molecule has 2 N–H and O–H groups in total. The molecule has 0 aliphatic carbocycles. The van der Waals surface area contributed by atoms with Gasteiger partial charge in [-0.15, -0.1) is 0 Å². The van der Waals surface area contributed by atoms with Crippen LogP contribution < -0.4 is 5.14 Å². The maximum absolute atomic E-state index is 10.4. The van der Waals surface area contributed by atoms with Gasteiger partial charge in [0.1, 0.15) is 0 Å². The molecule has 0 aromatic carbocycles. The number of hydrogen-bond donors (Lipinski definition) is 1. The molecule has 34 valence electrons. The molecule has 0 amide bonds. The Kier molecular flexibility index (Phi) is 6.06. The third-order valence-corrected chi connectivity index (χ3v) is 0. The fourth-order valence-corrected chi connectivity index (χ4v) is 0. The van der Waals surface area contributed by atoms with Crippen LogP contribution in [0.4, 0.5) is 3.89 Å². The van der Waals surface area contributed by atoms with Gasteiger partial charge in [-0.2, -0.15) is 8.42 Å². The zero-order valence-electron chi connectivity index (χ0n) is 2.18. The van der Waals surface area contributed by atoms with Gasteiger partial charge >= 0.3 is 61.8 Å². The van der Waals surface area contributed by atoms with Crippen LogP contribution in [-0.4, -0.2) is 59.8 Å². The molecule has 0 fully saturated rings. The van der Waals surface area contributed by atoms with Crippen LogP contribution in [0.15, 0.2) is 0 Å². The van der Waals surface area contributed by atoms with Crippen molar-refractivity contribution in [2.45, 2.75) is 0 Å². The van der Waals surface area contributed by atoms with E-state index in [0.717, 1.165) is 0 Å². The molecule has 0 saturated heterocycles. The van der Waals surface area contributed by atoms with E-state index in [4.69, 9.17) is 8.42 Å². The Morgan fingerprint density at radius 1 is 1.50 bits per heavy atom. The van der Waals surface area contributed by atoms with Crippen LogP contribution in [0.3, 0.4) is 0 Å². The van der Waals surface area contributed by atoms with Crippen molar-refractivity contribution in [1.29, 1.82) is 0 Å². The van der Waals surface area contributed by atoms with Gasteiger partial charge in [-0.05, 0) is 0 Å². The molecular weight excluding hydrogens is 136 g/mol. The molecule has 0 rings (SSSR count). The molecule has 0 unspecified atom stereocenters. The van der Waals surface area contributed by atoms with Crippen molar-refractivity contribution >= 4 is 61.8 Å². The zero-order chi connectivity index (χ0) is 4.50. The summed E-state index contributed by atoms with van der Waals surface area (Å²) in [7, 11) is -4.67. The first-order chi connectivity index (χ1) is 2.00. The van der Waals surface area contributed by atoms with Crippen molar-refractivity contribution in [3.8, 4) is 0 Å². The number of nitrogens with two attached hydrogens (primary N) is 1. The quantitative estimate of drug-likeness (QED) is 0.328. The molecule has 0 bridgehead atoms. The van der Waals surface area contributed by atoms with Crippen LogP contribution >= 0.6 is 0 Å². The molecule has 0 heterocycles. The molecule has 6 heteroatoms. The van der Waals surface area contributed by atoms with Crippen molar-refractivity contribution in [2.75, 3.05) is 0 Å².